The summed E-state index contributed by atoms with van der Waals surface area (Å²) in [6, 6.07) is 5.72. The van der Waals surface area contributed by atoms with Gasteiger partial charge in [-0.15, -0.1) is 0 Å². The van der Waals surface area contributed by atoms with Gasteiger partial charge in [0, 0.05) is 19.6 Å². The van der Waals surface area contributed by atoms with Crippen molar-refractivity contribution in [3.63, 3.8) is 0 Å². The fourth-order valence-corrected chi connectivity index (χ4v) is 5.18. The highest BCUT2D eigenvalue weighted by Crippen LogP contribution is 2.33. The molecule has 1 aromatic rings. The van der Waals surface area contributed by atoms with Gasteiger partial charge in [-0.3, -0.25) is 9.21 Å². The standard InChI is InChI=1S/C19H30N2O3S/c1-19(2)9-5-10-20(14-19)13-18(22)16-7-8-17-15(12-16)6-4-11-21(17)25(3,23)24/h7-8,12,18,22H,4-6,9-11,13-14H2,1-3H3/t18-/m0/s1. The molecular weight excluding hydrogens is 336 g/mol. The van der Waals surface area contributed by atoms with Crippen LogP contribution in [-0.2, 0) is 16.4 Å². The molecule has 1 N–H and O–H groups in total. The molecule has 5 nitrogen and oxygen atoms in total. The van der Waals surface area contributed by atoms with E-state index in [1.54, 1.807) is 0 Å². The topological polar surface area (TPSA) is 60.9 Å². The number of anilines is 1. The van der Waals surface area contributed by atoms with Crippen LogP contribution in [0.4, 0.5) is 5.69 Å². The maximum atomic E-state index is 12.0. The summed E-state index contributed by atoms with van der Waals surface area (Å²) >= 11 is 0. The Kier molecular flexibility index (Phi) is 5.15. The van der Waals surface area contributed by atoms with Gasteiger partial charge in [0.25, 0.3) is 0 Å². The molecule has 6 heteroatoms. The number of rotatable bonds is 4. The van der Waals surface area contributed by atoms with Crippen LogP contribution in [0.2, 0.25) is 0 Å². The molecule has 25 heavy (non-hydrogen) atoms. The van der Waals surface area contributed by atoms with Crippen LogP contribution in [0.25, 0.3) is 0 Å². The van der Waals surface area contributed by atoms with Crippen molar-refractivity contribution >= 4 is 15.7 Å². The number of benzene rings is 1. The fraction of sp³-hybridized carbons (Fsp3) is 0.684. The lowest BCUT2D eigenvalue weighted by Crippen LogP contribution is -2.42. The molecule has 0 saturated carbocycles. The van der Waals surface area contributed by atoms with Crippen molar-refractivity contribution in [2.24, 2.45) is 5.41 Å². The zero-order valence-electron chi connectivity index (χ0n) is 15.5. The third kappa shape index (κ3) is 4.36. The Labute approximate surface area is 151 Å². The van der Waals surface area contributed by atoms with Gasteiger partial charge in [-0.05, 0) is 54.8 Å². The zero-order valence-corrected chi connectivity index (χ0v) is 16.3. The molecule has 2 aliphatic heterocycles. The molecule has 0 aromatic heterocycles. The van der Waals surface area contributed by atoms with Gasteiger partial charge in [-0.2, -0.15) is 0 Å². The first-order valence-electron chi connectivity index (χ1n) is 9.17. The van der Waals surface area contributed by atoms with E-state index in [9.17, 15) is 13.5 Å². The second-order valence-corrected chi connectivity index (χ2v) is 10.3. The van der Waals surface area contributed by atoms with Crippen molar-refractivity contribution in [3.05, 3.63) is 29.3 Å². The van der Waals surface area contributed by atoms with Gasteiger partial charge in [0.15, 0.2) is 0 Å². The van der Waals surface area contributed by atoms with Gasteiger partial charge in [0.2, 0.25) is 10.0 Å². The van der Waals surface area contributed by atoms with Crippen molar-refractivity contribution in [1.29, 1.82) is 0 Å². The van der Waals surface area contributed by atoms with E-state index < -0.39 is 16.1 Å². The average Bonchev–Trinajstić information content (AvgIpc) is 2.51. The molecule has 1 fully saturated rings. The largest absolute Gasteiger partial charge is 0.387 e. The number of aliphatic hydroxyl groups excluding tert-OH is 1. The quantitative estimate of drug-likeness (QED) is 0.890. The first-order valence-corrected chi connectivity index (χ1v) is 11.0. The van der Waals surface area contributed by atoms with Gasteiger partial charge < -0.3 is 5.11 Å². The first-order chi connectivity index (χ1) is 11.7. The molecule has 0 unspecified atom stereocenters. The van der Waals surface area contributed by atoms with E-state index in [4.69, 9.17) is 0 Å². The number of likely N-dealkylation sites (tertiary alicyclic amines) is 1. The molecule has 0 amide bonds. The van der Waals surface area contributed by atoms with Gasteiger partial charge in [-0.1, -0.05) is 26.0 Å². The van der Waals surface area contributed by atoms with E-state index in [0.717, 1.165) is 42.7 Å². The van der Waals surface area contributed by atoms with Gasteiger partial charge in [0.05, 0.1) is 18.0 Å². The first kappa shape index (κ1) is 18.7. The molecular formula is C19H30N2O3S. The number of sulfonamides is 1. The Morgan fingerprint density at radius 1 is 1.24 bits per heavy atom. The maximum absolute atomic E-state index is 12.0. The summed E-state index contributed by atoms with van der Waals surface area (Å²) in [6.45, 7) is 7.78. The number of β-amino-alcohol motifs (C(OH)–C–C–N with tert-alkyl or cyclic N) is 1. The predicted molar refractivity (Wildman–Crippen MR) is 101 cm³/mol. The lowest BCUT2D eigenvalue weighted by molar-refractivity contribution is 0.0598. The van der Waals surface area contributed by atoms with Crippen molar-refractivity contribution < 1.29 is 13.5 Å². The molecule has 0 radical (unpaired) electrons. The lowest BCUT2D eigenvalue weighted by atomic mass is 9.84. The molecule has 0 bridgehead atoms. The number of aliphatic hydroxyl groups is 1. The number of fused-ring (bicyclic) bond motifs is 1. The van der Waals surface area contributed by atoms with Crippen LogP contribution in [0.5, 0.6) is 0 Å². The van der Waals surface area contributed by atoms with Crippen molar-refractivity contribution in [3.8, 4) is 0 Å². The number of nitrogens with zero attached hydrogens (tertiary/aromatic N) is 2. The van der Waals surface area contributed by atoms with Crippen LogP contribution in [0.3, 0.4) is 0 Å². The summed E-state index contributed by atoms with van der Waals surface area (Å²) in [5.74, 6) is 0. The van der Waals surface area contributed by atoms with Gasteiger partial charge in [-0.25, -0.2) is 8.42 Å². The molecule has 0 spiro atoms. The molecule has 3 rings (SSSR count). The summed E-state index contributed by atoms with van der Waals surface area (Å²) in [4.78, 5) is 2.34. The second-order valence-electron chi connectivity index (χ2n) is 8.35. The summed E-state index contributed by atoms with van der Waals surface area (Å²) < 4.78 is 25.4. The van der Waals surface area contributed by atoms with Crippen LogP contribution in [-0.4, -0.2) is 50.9 Å². The Balaban J connectivity index is 1.75. The minimum Gasteiger partial charge on any atom is -0.387 e. The molecule has 1 aromatic carbocycles. The fourth-order valence-electron chi connectivity index (χ4n) is 4.18. The monoisotopic (exact) mass is 366 g/mol. The normalized spacial score (nSPS) is 22.5. The van der Waals surface area contributed by atoms with Crippen LogP contribution in [0, 0.1) is 5.41 Å². The minimum atomic E-state index is -3.25. The average molecular weight is 367 g/mol. The van der Waals surface area contributed by atoms with E-state index >= 15 is 0 Å². The summed E-state index contributed by atoms with van der Waals surface area (Å²) in [5, 5.41) is 10.7. The molecule has 140 valence electrons. The summed E-state index contributed by atoms with van der Waals surface area (Å²) in [7, 11) is -3.25. The van der Waals surface area contributed by atoms with Crippen LogP contribution in [0.15, 0.2) is 18.2 Å². The Hall–Kier alpha value is -1.11. The summed E-state index contributed by atoms with van der Waals surface area (Å²) in [5.41, 5.74) is 2.98. The smallest absolute Gasteiger partial charge is 0.232 e. The second kappa shape index (κ2) is 6.89. The predicted octanol–water partition coefficient (Wildman–Crippen LogP) is 2.55. The number of aryl methyl sites for hydroxylation is 1. The van der Waals surface area contributed by atoms with Crippen LogP contribution in [0.1, 0.15) is 50.3 Å². The molecule has 1 saturated heterocycles. The molecule has 0 aliphatic carbocycles. The Morgan fingerprint density at radius 2 is 2.00 bits per heavy atom. The highest BCUT2D eigenvalue weighted by atomic mass is 32.2. The third-order valence-electron chi connectivity index (χ3n) is 5.38. The highest BCUT2D eigenvalue weighted by molar-refractivity contribution is 7.92. The number of hydrogen-bond acceptors (Lipinski definition) is 4. The molecule has 2 heterocycles. The van der Waals surface area contributed by atoms with Crippen molar-refractivity contribution in [2.75, 3.05) is 36.7 Å². The number of piperidine rings is 1. The van der Waals surface area contributed by atoms with Gasteiger partial charge in [0.1, 0.15) is 0 Å². The van der Waals surface area contributed by atoms with E-state index in [1.807, 2.05) is 18.2 Å². The lowest BCUT2D eigenvalue weighted by Gasteiger charge is -2.39. The maximum Gasteiger partial charge on any atom is 0.232 e. The van der Waals surface area contributed by atoms with E-state index in [-0.39, 0.29) is 0 Å². The van der Waals surface area contributed by atoms with E-state index in [1.165, 1.54) is 23.4 Å². The highest BCUT2D eigenvalue weighted by Gasteiger charge is 2.28. The van der Waals surface area contributed by atoms with Crippen molar-refractivity contribution in [1.82, 2.24) is 4.90 Å². The van der Waals surface area contributed by atoms with Crippen LogP contribution < -0.4 is 4.31 Å². The van der Waals surface area contributed by atoms with Gasteiger partial charge >= 0.3 is 0 Å². The SMILES string of the molecule is CC1(C)CCCN(C[C@H](O)c2ccc3c(c2)CCCN3S(C)(=O)=O)C1. The third-order valence-corrected chi connectivity index (χ3v) is 6.56. The van der Waals surface area contributed by atoms with Crippen molar-refractivity contribution in [2.45, 2.75) is 45.6 Å². The van der Waals surface area contributed by atoms with Crippen LogP contribution >= 0.6 is 0 Å². The molecule has 1 atom stereocenters. The number of hydrogen-bond donors (Lipinski definition) is 1. The Bertz CT molecular complexity index is 730. The molecule has 2 aliphatic rings. The van der Waals surface area contributed by atoms with E-state index in [0.29, 0.717) is 18.5 Å². The van der Waals surface area contributed by atoms with E-state index in [2.05, 4.69) is 18.7 Å². The minimum absolute atomic E-state index is 0.309. The summed E-state index contributed by atoms with van der Waals surface area (Å²) in [6.07, 6.45) is 4.81. The Morgan fingerprint density at radius 3 is 2.68 bits per heavy atom. The zero-order chi connectivity index (χ0) is 18.2.